The fraction of sp³-hybridized carbons (Fsp3) is 0.267. The first kappa shape index (κ1) is 12.6. The second-order valence-corrected chi connectivity index (χ2v) is 5.90. The molecule has 1 aliphatic heterocycles. The molecule has 1 atom stereocenters. The molecular formula is C15H15BrN2O. The molecule has 2 aromatic carbocycles. The van der Waals surface area contributed by atoms with E-state index in [0.29, 0.717) is 13.0 Å². The average molecular weight is 319 g/mol. The Labute approximate surface area is 120 Å². The lowest BCUT2D eigenvalue weighted by Crippen LogP contribution is -2.25. The molecule has 1 aliphatic rings. The number of hydrogen-bond acceptors (Lipinski definition) is 2. The molecule has 3 nitrogen and oxygen atoms in total. The van der Waals surface area contributed by atoms with E-state index >= 15 is 0 Å². The monoisotopic (exact) mass is 318 g/mol. The van der Waals surface area contributed by atoms with Crippen molar-refractivity contribution < 1.29 is 4.79 Å². The Morgan fingerprint density at radius 2 is 1.95 bits per heavy atom. The van der Waals surface area contributed by atoms with Gasteiger partial charge in [0.05, 0.1) is 0 Å². The summed E-state index contributed by atoms with van der Waals surface area (Å²) in [5.74, 6) is 0.458. The van der Waals surface area contributed by atoms with Gasteiger partial charge < -0.3 is 10.6 Å². The van der Waals surface area contributed by atoms with Gasteiger partial charge in [-0.05, 0) is 47.5 Å². The van der Waals surface area contributed by atoms with E-state index in [0.717, 1.165) is 22.1 Å². The van der Waals surface area contributed by atoms with E-state index in [9.17, 15) is 4.79 Å². The Balaban J connectivity index is 1.97. The smallest absolute Gasteiger partial charge is 0.227 e. The number of fused-ring (bicyclic) bond motifs is 1. The van der Waals surface area contributed by atoms with Crippen molar-refractivity contribution >= 4 is 38.3 Å². The summed E-state index contributed by atoms with van der Waals surface area (Å²) in [5.41, 5.74) is 6.63. The maximum Gasteiger partial charge on any atom is 0.227 e. The molecule has 1 saturated heterocycles. The molecular weight excluding hydrogens is 304 g/mol. The van der Waals surface area contributed by atoms with Gasteiger partial charge in [-0.2, -0.15) is 0 Å². The predicted octanol–water partition coefficient (Wildman–Crippen LogP) is 2.91. The number of rotatable bonds is 2. The van der Waals surface area contributed by atoms with Gasteiger partial charge in [-0.1, -0.05) is 28.1 Å². The highest BCUT2D eigenvalue weighted by Crippen LogP contribution is 2.29. The quantitative estimate of drug-likeness (QED) is 0.925. The molecule has 0 aliphatic carbocycles. The highest BCUT2D eigenvalue weighted by molar-refractivity contribution is 9.10. The van der Waals surface area contributed by atoms with Crippen molar-refractivity contribution in [2.45, 2.75) is 6.42 Å². The van der Waals surface area contributed by atoms with E-state index in [4.69, 9.17) is 5.73 Å². The lowest BCUT2D eigenvalue weighted by Gasteiger charge is -2.17. The van der Waals surface area contributed by atoms with Crippen molar-refractivity contribution in [2.75, 3.05) is 18.0 Å². The summed E-state index contributed by atoms with van der Waals surface area (Å²) in [5, 5.41) is 2.31. The van der Waals surface area contributed by atoms with Gasteiger partial charge in [0.15, 0.2) is 0 Å². The summed E-state index contributed by atoms with van der Waals surface area (Å²) in [4.78, 5) is 13.8. The van der Waals surface area contributed by atoms with E-state index in [2.05, 4.69) is 40.2 Å². The van der Waals surface area contributed by atoms with Gasteiger partial charge in [0.2, 0.25) is 5.91 Å². The first-order chi connectivity index (χ1) is 9.17. The zero-order valence-corrected chi connectivity index (χ0v) is 12.1. The molecule has 0 radical (unpaired) electrons. The van der Waals surface area contributed by atoms with Crippen LogP contribution in [0, 0.1) is 5.92 Å². The highest BCUT2D eigenvalue weighted by atomic mass is 79.9. The van der Waals surface area contributed by atoms with Gasteiger partial charge in [-0.15, -0.1) is 0 Å². The molecule has 1 amide bonds. The van der Waals surface area contributed by atoms with Gasteiger partial charge >= 0.3 is 0 Å². The van der Waals surface area contributed by atoms with Gasteiger partial charge in [-0.3, -0.25) is 4.79 Å². The molecule has 98 valence electrons. The van der Waals surface area contributed by atoms with Crippen LogP contribution in [0.25, 0.3) is 10.8 Å². The molecule has 0 saturated carbocycles. The minimum Gasteiger partial charge on any atom is -0.330 e. The van der Waals surface area contributed by atoms with Crippen LogP contribution in [0.1, 0.15) is 6.42 Å². The van der Waals surface area contributed by atoms with Crippen molar-refractivity contribution in [1.82, 2.24) is 0 Å². The van der Waals surface area contributed by atoms with Crippen molar-refractivity contribution in [1.29, 1.82) is 0 Å². The summed E-state index contributed by atoms with van der Waals surface area (Å²) >= 11 is 3.47. The van der Waals surface area contributed by atoms with Crippen LogP contribution < -0.4 is 10.6 Å². The Morgan fingerprint density at radius 3 is 2.68 bits per heavy atom. The predicted molar refractivity (Wildman–Crippen MR) is 81.2 cm³/mol. The van der Waals surface area contributed by atoms with Gasteiger partial charge in [0.25, 0.3) is 0 Å². The van der Waals surface area contributed by atoms with Crippen LogP contribution in [0.4, 0.5) is 5.69 Å². The number of benzene rings is 2. The number of nitrogens with two attached hydrogens (primary N) is 1. The Kier molecular flexibility index (Phi) is 3.29. The summed E-state index contributed by atoms with van der Waals surface area (Å²) in [7, 11) is 0. The molecule has 1 fully saturated rings. The third-order valence-corrected chi connectivity index (χ3v) is 4.13. The normalized spacial score (nSPS) is 19.4. The van der Waals surface area contributed by atoms with E-state index in [1.165, 1.54) is 5.39 Å². The van der Waals surface area contributed by atoms with Gasteiger partial charge in [0, 0.05) is 23.1 Å². The molecule has 2 N–H and O–H groups in total. The van der Waals surface area contributed by atoms with Crippen molar-refractivity contribution in [3.63, 3.8) is 0 Å². The SMILES string of the molecule is NCC1CC(=O)N(c2ccc3cc(Br)ccc3c2)C1. The minimum absolute atomic E-state index is 0.173. The molecule has 1 heterocycles. The molecule has 3 rings (SSSR count). The van der Waals surface area contributed by atoms with Crippen LogP contribution >= 0.6 is 15.9 Å². The maximum absolute atomic E-state index is 12.0. The first-order valence-corrected chi connectivity index (χ1v) is 7.16. The number of halogens is 1. The number of anilines is 1. The van der Waals surface area contributed by atoms with Crippen molar-refractivity contribution in [3.8, 4) is 0 Å². The van der Waals surface area contributed by atoms with Crippen LogP contribution in [-0.4, -0.2) is 19.0 Å². The number of carbonyl (C=O) groups is 1. The van der Waals surface area contributed by atoms with Crippen molar-refractivity contribution in [3.05, 3.63) is 40.9 Å². The third kappa shape index (κ3) is 2.38. The fourth-order valence-corrected chi connectivity index (χ4v) is 2.94. The number of carbonyl (C=O) groups excluding carboxylic acids is 1. The Hall–Kier alpha value is -1.39. The standard InChI is InChI=1S/C15H15BrN2O/c16-13-3-1-12-7-14(4-2-11(12)6-13)18-9-10(8-17)5-15(18)19/h1-4,6-7,10H,5,8-9,17H2. The number of hydrogen-bond donors (Lipinski definition) is 1. The van der Waals surface area contributed by atoms with Crippen LogP contribution in [-0.2, 0) is 4.79 Å². The molecule has 2 aromatic rings. The lowest BCUT2D eigenvalue weighted by molar-refractivity contribution is -0.117. The maximum atomic E-state index is 12.0. The van der Waals surface area contributed by atoms with Crippen LogP contribution in [0.3, 0.4) is 0 Å². The third-order valence-electron chi connectivity index (χ3n) is 3.64. The topological polar surface area (TPSA) is 46.3 Å². The summed E-state index contributed by atoms with van der Waals surface area (Å²) in [6.45, 7) is 1.31. The Bertz CT molecular complexity index is 641. The minimum atomic E-state index is 0.173. The van der Waals surface area contributed by atoms with Crippen molar-refractivity contribution in [2.24, 2.45) is 11.7 Å². The number of nitrogens with zero attached hydrogens (tertiary/aromatic N) is 1. The average Bonchev–Trinajstić information content (AvgIpc) is 2.79. The Morgan fingerprint density at radius 1 is 1.21 bits per heavy atom. The van der Waals surface area contributed by atoms with E-state index in [1.54, 1.807) is 0 Å². The molecule has 0 spiro atoms. The van der Waals surface area contributed by atoms with Gasteiger partial charge in [0.1, 0.15) is 0 Å². The van der Waals surface area contributed by atoms with E-state index in [1.807, 2.05) is 17.0 Å². The summed E-state index contributed by atoms with van der Waals surface area (Å²) < 4.78 is 1.06. The first-order valence-electron chi connectivity index (χ1n) is 6.37. The molecule has 0 bridgehead atoms. The van der Waals surface area contributed by atoms with E-state index in [-0.39, 0.29) is 11.8 Å². The van der Waals surface area contributed by atoms with Gasteiger partial charge in [-0.25, -0.2) is 0 Å². The number of amides is 1. The summed E-state index contributed by atoms with van der Waals surface area (Å²) in [6, 6.07) is 12.3. The fourth-order valence-electron chi connectivity index (χ4n) is 2.56. The second kappa shape index (κ2) is 4.94. The van der Waals surface area contributed by atoms with E-state index < -0.39 is 0 Å². The zero-order chi connectivity index (χ0) is 13.4. The molecule has 19 heavy (non-hydrogen) atoms. The van der Waals surface area contributed by atoms with Crippen LogP contribution in [0.15, 0.2) is 40.9 Å². The largest absolute Gasteiger partial charge is 0.330 e. The van der Waals surface area contributed by atoms with Crippen LogP contribution in [0.5, 0.6) is 0 Å². The summed E-state index contributed by atoms with van der Waals surface area (Å²) in [6.07, 6.45) is 0.564. The zero-order valence-electron chi connectivity index (χ0n) is 10.5. The second-order valence-electron chi connectivity index (χ2n) is 4.99. The molecule has 4 heteroatoms. The molecule has 1 unspecified atom stereocenters. The van der Waals surface area contributed by atoms with Crippen LogP contribution in [0.2, 0.25) is 0 Å². The lowest BCUT2D eigenvalue weighted by atomic mass is 10.1. The highest BCUT2D eigenvalue weighted by Gasteiger charge is 2.29. The molecule has 0 aromatic heterocycles.